The van der Waals surface area contributed by atoms with Crippen molar-refractivity contribution in [1.29, 1.82) is 0 Å². The molecule has 0 bridgehead atoms. The van der Waals surface area contributed by atoms with E-state index in [1.54, 1.807) is 0 Å². The smallest absolute Gasteiger partial charge is 0.0406 e. The van der Waals surface area contributed by atoms with Gasteiger partial charge in [-0.25, -0.2) is 0 Å². The van der Waals surface area contributed by atoms with Crippen molar-refractivity contribution in [3.05, 3.63) is 30.1 Å². The summed E-state index contributed by atoms with van der Waals surface area (Å²) in [5.41, 5.74) is 1.23. The predicted octanol–water partition coefficient (Wildman–Crippen LogP) is 3.84. The van der Waals surface area contributed by atoms with Crippen molar-refractivity contribution in [2.45, 2.75) is 46.0 Å². The Morgan fingerprint density at radius 1 is 1.29 bits per heavy atom. The third-order valence-electron chi connectivity index (χ3n) is 2.58. The summed E-state index contributed by atoms with van der Waals surface area (Å²) in [6.07, 6.45) is 8.40. The zero-order valence-corrected chi connectivity index (χ0v) is 9.37. The van der Waals surface area contributed by atoms with Crippen LogP contribution in [0.4, 0.5) is 0 Å². The number of unbranched alkanes of at least 4 members (excludes halogenated alkanes) is 2. The summed E-state index contributed by atoms with van der Waals surface area (Å²) in [7, 11) is 0. The second-order valence-corrected chi connectivity index (χ2v) is 4.13. The summed E-state index contributed by atoms with van der Waals surface area (Å²) >= 11 is 0. The Morgan fingerprint density at radius 2 is 2.14 bits per heavy atom. The quantitative estimate of drug-likeness (QED) is 0.622. The summed E-state index contributed by atoms with van der Waals surface area (Å²) in [6, 6.07) is 6.17. The van der Waals surface area contributed by atoms with Gasteiger partial charge in [0.2, 0.25) is 0 Å². The van der Waals surface area contributed by atoms with Gasteiger partial charge >= 0.3 is 0 Å². The van der Waals surface area contributed by atoms with Crippen LogP contribution in [0, 0.1) is 5.92 Å². The molecule has 0 spiro atoms. The lowest BCUT2D eigenvalue weighted by atomic mass is 9.98. The van der Waals surface area contributed by atoms with E-state index in [4.69, 9.17) is 0 Å². The molecule has 0 amide bonds. The molecule has 1 atom stereocenters. The van der Waals surface area contributed by atoms with E-state index >= 15 is 0 Å². The summed E-state index contributed by atoms with van der Waals surface area (Å²) in [5.74, 6) is 0.774. The SMILES string of the molecule is CCCCCC(C)Cc1ccccn1. The van der Waals surface area contributed by atoms with Crippen LogP contribution in [0.5, 0.6) is 0 Å². The summed E-state index contributed by atoms with van der Waals surface area (Å²) in [5, 5.41) is 0. The van der Waals surface area contributed by atoms with Crippen molar-refractivity contribution >= 4 is 0 Å². The fourth-order valence-corrected chi connectivity index (χ4v) is 1.72. The molecule has 1 rings (SSSR count). The average molecular weight is 191 g/mol. The van der Waals surface area contributed by atoms with Crippen molar-refractivity contribution in [2.75, 3.05) is 0 Å². The van der Waals surface area contributed by atoms with Crippen molar-refractivity contribution < 1.29 is 0 Å². The maximum Gasteiger partial charge on any atom is 0.0406 e. The Hall–Kier alpha value is -0.850. The normalized spacial score (nSPS) is 12.7. The van der Waals surface area contributed by atoms with E-state index in [1.807, 2.05) is 12.3 Å². The van der Waals surface area contributed by atoms with E-state index in [2.05, 4.69) is 31.0 Å². The van der Waals surface area contributed by atoms with Gasteiger partial charge in [0, 0.05) is 11.9 Å². The second-order valence-electron chi connectivity index (χ2n) is 4.13. The first-order valence-electron chi connectivity index (χ1n) is 5.72. The molecular weight excluding hydrogens is 170 g/mol. The Morgan fingerprint density at radius 3 is 2.79 bits per heavy atom. The average Bonchev–Trinajstić information content (AvgIpc) is 2.20. The molecule has 14 heavy (non-hydrogen) atoms. The van der Waals surface area contributed by atoms with Gasteiger partial charge in [-0.15, -0.1) is 0 Å². The highest BCUT2D eigenvalue weighted by Gasteiger charge is 2.03. The van der Waals surface area contributed by atoms with E-state index in [9.17, 15) is 0 Å². The molecule has 1 nitrogen and oxygen atoms in total. The molecule has 0 saturated carbocycles. The summed E-state index contributed by atoms with van der Waals surface area (Å²) in [6.45, 7) is 4.58. The fraction of sp³-hybridized carbons (Fsp3) is 0.615. The maximum absolute atomic E-state index is 4.35. The van der Waals surface area contributed by atoms with Crippen LogP contribution in [-0.2, 0) is 6.42 Å². The van der Waals surface area contributed by atoms with Gasteiger partial charge in [0.25, 0.3) is 0 Å². The molecule has 0 fully saturated rings. The molecule has 78 valence electrons. The first-order chi connectivity index (χ1) is 6.83. The lowest BCUT2D eigenvalue weighted by Crippen LogP contribution is -2.01. The first-order valence-corrected chi connectivity index (χ1v) is 5.72. The van der Waals surface area contributed by atoms with Crippen LogP contribution in [0.25, 0.3) is 0 Å². The highest BCUT2D eigenvalue weighted by atomic mass is 14.7. The van der Waals surface area contributed by atoms with Crippen LogP contribution < -0.4 is 0 Å². The molecule has 1 unspecified atom stereocenters. The number of hydrogen-bond acceptors (Lipinski definition) is 1. The van der Waals surface area contributed by atoms with E-state index in [0.717, 1.165) is 12.3 Å². The number of rotatable bonds is 6. The Labute approximate surface area is 87.6 Å². The van der Waals surface area contributed by atoms with E-state index in [0.29, 0.717) is 0 Å². The first kappa shape index (κ1) is 11.2. The molecule has 0 aliphatic carbocycles. The van der Waals surface area contributed by atoms with Crippen LogP contribution in [0.3, 0.4) is 0 Å². The van der Waals surface area contributed by atoms with E-state index < -0.39 is 0 Å². The Kier molecular flexibility index (Phi) is 5.28. The third kappa shape index (κ3) is 4.40. The Bertz CT molecular complexity index is 230. The van der Waals surface area contributed by atoms with Crippen LogP contribution in [0.1, 0.15) is 45.2 Å². The second kappa shape index (κ2) is 6.58. The standard InChI is InChI=1S/C13H21N/c1-3-4-5-8-12(2)11-13-9-6-7-10-14-13/h6-7,9-10,12H,3-5,8,11H2,1-2H3. The van der Waals surface area contributed by atoms with Gasteiger partial charge in [-0.1, -0.05) is 45.6 Å². The molecule has 1 heterocycles. The minimum atomic E-state index is 0.774. The Balaban J connectivity index is 2.23. The minimum absolute atomic E-state index is 0.774. The van der Waals surface area contributed by atoms with Gasteiger partial charge in [0.1, 0.15) is 0 Å². The number of aromatic nitrogens is 1. The van der Waals surface area contributed by atoms with Crippen molar-refractivity contribution in [3.63, 3.8) is 0 Å². The van der Waals surface area contributed by atoms with Crippen LogP contribution in [-0.4, -0.2) is 4.98 Å². The molecular formula is C13H21N. The van der Waals surface area contributed by atoms with E-state index in [1.165, 1.54) is 31.4 Å². The van der Waals surface area contributed by atoms with Gasteiger partial charge in [0.05, 0.1) is 0 Å². The predicted molar refractivity (Wildman–Crippen MR) is 61.2 cm³/mol. The number of pyridine rings is 1. The van der Waals surface area contributed by atoms with Crippen LogP contribution in [0.15, 0.2) is 24.4 Å². The summed E-state index contributed by atoms with van der Waals surface area (Å²) < 4.78 is 0. The lowest BCUT2D eigenvalue weighted by Gasteiger charge is -2.09. The third-order valence-corrected chi connectivity index (χ3v) is 2.58. The van der Waals surface area contributed by atoms with Gasteiger partial charge in [0.15, 0.2) is 0 Å². The summed E-state index contributed by atoms with van der Waals surface area (Å²) in [4.78, 5) is 4.35. The molecule has 1 aromatic rings. The molecule has 0 N–H and O–H groups in total. The molecule has 1 heteroatoms. The van der Waals surface area contributed by atoms with Crippen LogP contribution >= 0.6 is 0 Å². The minimum Gasteiger partial charge on any atom is -0.261 e. The van der Waals surface area contributed by atoms with Gasteiger partial charge in [-0.3, -0.25) is 4.98 Å². The zero-order chi connectivity index (χ0) is 10.2. The molecule has 0 saturated heterocycles. The van der Waals surface area contributed by atoms with E-state index in [-0.39, 0.29) is 0 Å². The highest BCUT2D eigenvalue weighted by molar-refractivity contribution is 5.03. The number of nitrogens with zero attached hydrogens (tertiary/aromatic N) is 1. The number of hydrogen-bond donors (Lipinski definition) is 0. The zero-order valence-electron chi connectivity index (χ0n) is 9.37. The van der Waals surface area contributed by atoms with Crippen molar-refractivity contribution in [1.82, 2.24) is 4.98 Å². The maximum atomic E-state index is 4.35. The largest absolute Gasteiger partial charge is 0.261 e. The molecule has 0 aliphatic heterocycles. The molecule has 0 radical (unpaired) electrons. The monoisotopic (exact) mass is 191 g/mol. The molecule has 0 aromatic carbocycles. The van der Waals surface area contributed by atoms with Gasteiger partial charge in [-0.2, -0.15) is 0 Å². The van der Waals surface area contributed by atoms with Crippen LogP contribution in [0.2, 0.25) is 0 Å². The molecule has 0 aliphatic rings. The fourth-order valence-electron chi connectivity index (χ4n) is 1.72. The van der Waals surface area contributed by atoms with Gasteiger partial charge < -0.3 is 0 Å². The lowest BCUT2D eigenvalue weighted by molar-refractivity contribution is 0.489. The molecule has 1 aromatic heterocycles. The van der Waals surface area contributed by atoms with Crippen molar-refractivity contribution in [2.24, 2.45) is 5.92 Å². The topological polar surface area (TPSA) is 12.9 Å². The highest BCUT2D eigenvalue weighted by Crippen LogP contribution is 2.13. The van der Waals surface area contributed by atoms with Gasteiger partial charge in [-0.05, 0) is 24.5 Å². The van der Waals surface area contributed by atoms with Crippen molar-refractivity contribution in [3.8, 4) is 0 Å².